The Labute approximate surface area is 185 Å². The highest BCUT2D eigenvalue weighted by Gasteiger charge is 2.09. The van der Waals surface area contributed by atoms with Gasteiger partial charge in [-0.3, -0.25) is 0 Å². The van der Waals surface area contributed by atoms with E-state index in [1.807, 2.05) is 13.8 Å². The topological polar surface area (TPSA) is 61.8 Å². The number of hydrogen-bond donors (Lipinski definition) is 0. The molecule has 0 N–H and O–H groups in total. The van der Waals surface area contributed by atoms with Gasteiger partial charge in [-0.25, -0.2) is 9.59 Å². The van der Waals surface area contributed by atoms with Gasteiger partial charge in [-0.15, -0.1) is 0 Å². The molecule has 0 fully saturated rings. The van der Waals surface area contributed by atoms with Crippen LogP contribution in [0.15, 0.2) is 0 Å². The fourth-order valence-corrected chi connectivity index (χ4v) is 3.14. The third-order valence-corrected chi connectivity index (χ3v) is 5.43. The van der Waals surface area contributed by atoms with Gasteiger partial charge in [0.1, 0.15) is 13.2 Å². The van der Waals surface area contributed by atoms with Crippen molar-refractivity contribution < 1.29 is 23.8 Å². The summed E-state index contributed by atoms with van der Waals surface area (Å²) in [4.78, 5) is 23.0. The van der Waals surface area contributed by atoms with Gasteiger partial charge in [0.2, 0.25) is 0 Å². The minimum Gasteiger partial charge on any atom is -0.464 e. The largest absolute Gasteiger partial charge is 0.464 e. The van der Waals surface area contributed by atoms with Gasteiger partial charge in [-0.05, 0) is 12.3 Å². The first-order valence-corrected chi connectivity index (χ1v) is 12.5. The Morgan fingerprint density at radius 2 is 1.07 bits per heavy atom. The second-order valence-corrected chi connectivity index (χ2v) is 8.51. The highest BCUT2D eigenvalue weighted by molar-refractivity contribution is 5.73. The third-order valence-electron chi connectivity index (χ3n) is 5.43. The minimum atomic E-state index is -0.435. The Kier molecular flexibility index (Phi) is 21.8. The molecule has 0 bridgehead atoms. The van der Waals surface area contributed by atoms with E-state index in [0.717, 1.165) is 19.3 Å². The molecular weight excluding hydrogens is 380 g/mol. The Balaban J connectivity index is 3.27. The molecule has 0 aromatic heterocycles. The zero-order valence-corrected chi connectivity index (χ0v) is 20.1. The summed E-state index contributed by atoms with van der Waals surface area (Å²) in [5, 5.41) is 0. The van der Waals surface area contributed by atoms with Gasteiger partial charge in [0.05, 0.1) is 13.2 Å². The van der Waals surface area contributed by atoms with Crippen molar-refractivity contribution in [2.75, 3.05) is 26.4 Å². The van der Waals surface area contributed by atoms with Gasteiger partial charge in [0, 0.05) is 0 Å². The quantitative estimate of drug-likeness (QED) is 0.143. The van der Waals surface area contributed by atoms with Gasteiger partial charge >= 0.3 is 11.9 Å². The first kappa shape index (κ1) is 28.9. The second kappa shape index (κ2) is 22.6. The predicted molar refractivity (Wildman–Crippen MR) is 123 cm³/mol. The van der Waals surface area contributed by atoms with Crippen LogP contribution < -0.4 is 0 Å². The van der Waals surface area contributed by atoms with E-state index in [9.17, 15) is 9.59 Å². The van der Waals surface area contributed by atoms with E-state index in [1.54, 1.807) is 0 Å². The van der Waals surface area contributed by atoms with Gasteiger partial charge in [-0.2, -0.15) is 0 Å². The molecule has 0 aliphatic heterocycles. The molecule has 0 heterocycles. The Morgan fingerprint density at radius 1 is 0.633 bits per heavy atom. The zero-order valence-electron chi connectivity index (χ0n) is 20.1. The van der Waals surface area contributed by atoms with Crippen LogP contribution in [0.5, 0.6) is 0 Å². The summed E-state index contributed by atoms with van der Waals surface area (Å²) < 4.78 is 15.2. The number of hydrogen-bond acceptors (Lipinski definition) is 5. The standard InChI is InChI=1S/C25H48O5/c1-4-6-7-8-9-10-11-12-13-14-15-16-17-18-19-29-24(26)21-28-22-25(27)30-20-23(3)5-2/h23H,4-22H2,1-3H3. The van der Waals surface area contributed by atoms with E-state index >= 15 is 0 Å². The lowest BCUT2D eigenvalue weighted by Crippen LogP contribution is -2.20. The summed E-state index contributed by atoms with van der Waals surface area (Å²) in [5.41, 5.74) is 0. The molecule has 0 aromatic rings. The average Bonchev–Trinajstić information content (AvgIpc) is 2.74. The van der Waals surface area contributed by atoms with Crippen molar-refractivity contribution in [3.05, 3.63) is 0 Å². The first-order chi connectivity index (χ1) is 14.6. The SMILES string of the molecule is CCCCCCCCCCCCCCCCOC(=O)COCC(=O)OCC(C)CC. The van der Waals surface area contributed by atoms with Crippen LogP contribution >= 0.6 is 0 Å². The first-order valence-electron chi connectivity index (χ1n) is 12.5. The lowest BCUT2D eigenvalue weighted by Gasteiger charge is -2.09. The zero-order chi connectivity index (χ0) is 22.3. The summed E-state index contributed by atoms with van der Waals surface area (Å²) >= 11 is 0. The molecule has 5 nitrogen and oxygen atoms in total. The summed E-state index contributed by atoms with van der Waals surface area (Å²) in [5.74, 6) is -0.515. The molecule has 0 aliphatic rings. The molecule has 1 unspecified atom stereocenters. The molecule has 0 aromatic carbocycles. The van der Waals surface area contributed by atoms with Crippen LogP contribution in [0.3, 0.4) is 0 Å². The monoisotopic (exact) mass is 428 g/mol. The minimum absolute atomic E-state index is 0.197. The maximum Gasteiger partial charge on any atom is 0.332 e. The van der Waals surface area contributed by atoms with Crippen molar-refractivity contribution >= 4 is 11.9 Å². The van der Waals surface area contributed by atoms with E-state index in [1.165, 1.54) is 77.0 Å². The number of ether oxygens (including phenoxy) is 3. The molecule has 0 amide bonds. The lowest BCUT2D eigenvalue weighted by atomic mass is 10.0. The molecule has 0 rings (SSSR count). The molecule has 0 spiro atoms. The van der Waals surface area contributed by atoms with E-state index in [2.05, 4.69) is 6.92 Å². The van der Waals surface area contributed by atoms with Gasteiger partial charge < -0.3 is 14.2 Å². The summed E-state index contributed by atoms with van der Waals surface area (Å²) in [7, 11) is 0. The van der Waals surface area contributed by atoms with Crippen molar-refractivity contribution in [2.24, 2.45) is 5.92 Å². The normalized spacial score (nSPS) is 12.0. The average molecular weight is 429 g/mol. The molecular formula is C25H48O5. The van der Waals surface area contributed by atoms with Crippen LogP contribution in [0.25, 0.3) is 0 Å². The molecule has 0 aliphatic carbocycles. The van der Waals surface area contributed by atoms with E-state index in [-0.39, 0.29) is 13.2 Å². The molecule has 178 valence electrons. The van der Waals surface area contributed by atoms with Crippen molar-refractivity contribution in [1.82, 2.24) is 0 Å². The number of rotatable bonds is 22. The highest BCUT2D eigenvalue weighted by atomic mass is 16.6. The van der Waals surface area contributed by atoms with Crippen LogP contribution in [-0.2, 0) is 23.8 Å². The number of unbranched alkanes of at least 4 members (excludes halogenated alkanes) is 13. The van der Waals surface area contributed by atoms with Crippen molar-refractivity contribution in [1.29, 1.82) is 0 Å². The van der Waals surface area contributed by atoms with Gasteiger partial charge in [0.15, 0.2) is 0 Å². The third kappa shape index (κ3) is 21.6. The van der Waals surface area contributed by atoms with Crippen LogP contribution in [0, 0.1) is 5.92 Å². The highest BCUT2D eigenvalue weighted by Crippen LogP contribution is 2.13. The summed E-state index contributed by atoms with van der Waals surface area (Å²) in [6.45, 7) is 6.74. The van der Waals surface area contributed by atoms with Crippen LogP contribution in [-0.4, -0.2) is 38.4 Å². The lowest BCUT2D eigenvalue weighted by molar-refractivity contribution is -0.156. The van der Waals surface area contributed by atoms with E-state index in [4.69, 9.17) is 14.2 Å². The number of esters is 2. The molecule has 5 heteroatoms. The van der Waals surface area contributed by atoms with Crippen molar-refractivity contribution in [2.45, 2.75) is 117 Å². The van der Waals surface area contributed by atoms with Crippen molar-refractivity contribution in [3.63, 3.8) is 0 Å². The summed E-state index contributed by atoms with van der Waals surface area (Å²) in [6, 6.07) is 0. The van der Waals surface area contributed by atoms with Crippen LogP contribution in [0.1, 0.15) is 117 Å². The van der Waals surface area contributed by atoms with E-state index in [0.29, 0.717) is 19.1 Å². The molecule has 0 saturated heterocycles. The van der Waals surface area contributed by atoms with Crippen LogP contribution in [0.2, 0.25) is 0 Å². The van der Waals surface area contributed by atoms with Crippen LogP contribution in [0.4, 0.5) is 0 Å². The molecule has 0 radical (unpaired) electrons. The Hall–Kier alpha value is -1.10. The summed E-state index contributed by atoms with van der Waals surface area (Å²) in [6.07, 6.45) is 19.2. The smallest absolute Gasteiger partial charge is 0.332 e. The fourth-order valence-electron chi connectivity index (χ4n) is 3.14. The fraction of sp³-hybridized carbons (Fsp3) is 0.920. The van der Waals surface area contributed by atoms with E-state index < -0.39 is 11.9 Å². The maximum absolute atomic E-state index is 11.6. The maximum atomic E-state index is 11.6. The Morgan fingerprint density at radius 3 is 1.53 bits per heavy atom. The molecule has 30 heavy (non-hydrogen) atoms. The molecule has 0 saturated carbocycles. The number of carbonyl (C=O) groups is 2. The predicted octanol–water partition coefficient (Wildman–Crippen LogP) is 6.62. The van der Waals surface area contributed by atoms with Gasteiger partial charge in [-0.1, -0.05) is 111 Å². The molecule has 1 atom stereocenters. The number of carbonyl (C=O) groups excluding carboxylic acids is 2. The second-order valence-electron chi connectivity index (χ2n) is 8.51. The van der Waals surface area contributed by atoms with Gasteiger partial charge in [0.25, 0.3) is 0 Å². The van der Waals surface area contributed by atoms with Crippen molar-refractivity contribution in [3.8, 4) is 0 Å². The Bertz CT molecular complexity index is 397.